The van der Waals surface area contributed by atoms with Crippen molar-refractivity contribution >= 4 is 0 Å². The van der Waals surface area contributed by atoms with Gasteiger partial charge in [-0.25, -0.2) is 0 Å². The molecule has 0 spiro atoms. The lowest BCUT2D eigenvalue weighted by Gasteiger charge is -2.75. The van der Waals surface area contributed by atoms with Crippen LogP contribution in [0.1, 0.15) is 295 Å². The predicted molar refractivity (Wildman–Crippen MR) is 408 cm³/mol. The molecule has 544 valence electrons. The average molecular weight is 1350 g/mol. The van der Waals surface area contributed by atoms with E-state index in [0.29, 0.717) is 60.2 Å². The Hall–Kier alpha value is -1.72. The standard InChI is InChI=1S/C96H140N4/c1-93(2,3)57-33-55(34-58(41-57)94(4,5)6)73-67-29-31-69(97-67)87-65-39-53-27-23-50-20-16-46-14-18-48-22-26-52-38-62(86(65)90-82(52)78(48)76(46)80(50)84(53)90)64-44-72(100-92(64)87)74(56-35-59(95(7,8)9)42-60(36-56)96(10,11)12)68-30-32-70(98-68)88-66-40-54-28-24-49-19-15-45-13-17-47-21-25-51-37-61(63-43-71(73)99-91(63)88)85(66)89-81(51)77(47)75(45)79(49)83(54)89/h33-36,41-42,45-54,61-92,97-100H,13-32,37-40,43-44H2,1-12H3. The summed E-state index contributed by atoms with van der Waals surface area (Å²) in [4.78, 5) is 0. The maximum Gasteiger partial charge on any atom is 0.0157 e. The molecule has 4 heteroatoms. The van der Waals surface area contributed by atoms with Crippen LogP contribution in [-0.2, 0) is 21.7 Å². The quantitative estimate of drug-likeness (QED) is 0.242. The molecule has 0 aromatic heterocycles. The summed E-state index contributed by atoms with van der Waals surface area (Å²) in [5.74, 6) is 32.7. The SMILES string of the molecule is CC(C)(C)c1cc(C2C3CCC(N3)C3C4CC5CCC6CCC7CCC8CCC9CC(C%10CC(NC%103)C(c3cc(C(C)(C)C)cc(C(C)(C)C)c3)C3CCC(N3)C3C%10CC%11CCC%12CCC%13CCC%14CCC%15CC(C%16CC2NC%163)C%10C2C%15C%14C%13C%12C%112)C4C2C9C8C7C6C52)cc(C(C)(C)C)c1. The van der Waals surface area contributed by atoms with Gasteiger partial charge in [0.05, 0.1) is 0 Å². The number of hydrogen-bond donors (Lipinski definition) is 4. The lowest BCUT2D eigenvalue weighted by Crippen LogP contribution is -2.71. The highest BCUT2D eigenvalue weighted by molar-refractivity contribution is 5.43. The predicted octanol–water partition coefficient (Wildman–Crippen LogP) is 20.2. The monoisotopic (exact) mass is 1350 g/mol. The summed E-state index contributed by atoms with van der Waals surface area (Å²) in [5, 5.41) is 20.7. The van der Waals surface area contributed by atoms with Crippen LogP contribution in [0.15, 0.2) is 36.4 Å². The highest BCUT2D eigenvalue weighted by atomic mass is 15.1. The van der Waals surface area contributed by atoms with E-state index in [9.17, 15) is 0 Å². The van der Waals surface area contributed by atoms with Crippen molar-refractivity contribution in [1.29, 1.82) is 0 Å². The molecule has 4 N–H and O–H groups in total. The minimum atomic E-state index is 0.0921. The van der Waals surface area contributed by atoms with Crippen LogP contribution in [0, 0.1) is 189 Å². The Morgan fingerprint density at radius 2 is 0.460 bits per heavy atom. The maximum atomic E-state index is 5.20. The molecular weight excluding hydrogens is 1210 g/mol. The van der Waals surface area contributed by atoms with Gasteiger partial charge in [0.1, 0.15) is 0 Å². The number of rotatable bonds is 2. The van der Waals surface area contributed by atoms with Gasteiger partial charge in [-0.05, 0) is 411 Å². The van der Waals surface area contributed by atoms with Crippen molar-refractivity contribution in [3.8, 4) is 0 Å². The summed E-state index contributed by atoms with van der Waals surface area (Å²) in [5.41, 5.74) is 10.2. The smallest absolute Gasteiger partial charge is 0.0157 e. The van der Waals surface area contributed by atoms with Crippen LogP contribution in [0.2, 0.25) is 0 Å². The fourth-order valence-electron chi connectivity index (χ4n) is 37.7. The summed E-state index contributed by atoms with van der Waals surface area (Å²) >= 11 is 0. The number of nitrogens with one attached hydrogen (secondary N) is 4. The Morgan fingerprint density at radius 3 is 0.740 bits per heavy atom. The first-order valence-electron chi connectivity index (χ1n) is 45.4. The zero-order chi connectivity index (χ0) is 67.2. The summed E-state index contributed by atoms with van der Waals surface area (Å²) in [7, 11) is 0. The van der Waals surface area contributed by atoms with E-state index in [-0.39, 0.29) is 21.7 Å². The number of fused-ring (bicyclic) bond motifs is 12. The van der Waals surface area contributed by atoms with Crippen molar-refractivity contribution in [1.82, 2.24) is 21.3 Å². The van der Waals surface area contributed by atoms with Crippen LogP contribution in [0.3, 0.4) is 0 Å². The fraction of sp³-hybridized carbons (Fsp3) is 0.875. The molecule has 8 bridgehead atoms. The third-order valence-corrected chi connectivity index (χ3v) is 40.2. The van der Waals surface area contributed by atoms with E-state index in [1.807, 2.05) is 0 Å². The fourth-order valence-corrected chi connectivity index (χ4v) is 37.7. The molecule has 5 saturated heterocycles. The van der Waals surface area contributed by atoms with Crippen molar-refractivity contribution in [2.75, 3.05) is 0 Å². The summed E-state index contributed by atoms with van der Waals surface area (Å²) in [6.45, 7) is 30.6. The van der Waals surface area contributed by atoms with Gasteiger partial charge in [0.15, 0.2) is 0 Å². The molecule has 4 nitrogen and oxygen atoms in total. The molecule has 2 aromatic rings. The van der Waals surface area contributed by atoms with Gasteiger partial charge in [-0.15, -0.1) is 0 Å². The molecular formula is C96H140N4. The second-order valence-electron chi connectivity index (χ2n) is 47.1. The first kappa shape index (κ1) is 64.3. The minimum absolute atomic E-state index is 0.0921. The Labute approximate surface area is 608 Å². The minimum Gasteiger partial charge on any atom is -0.310 e. The molecule has 42 unspecified atom stereocenters. The molecule has 23 rings (SSSR count). The van der Waals surface area contributed by atoms with E-state index in [4.69, 9.17) is 21.3 Å². The maximum absolute atomic E-state index is 5.20. The first-order chi connectivity index (χ1) is 48.1. The lowest BCUT2D eigenvalue weighted by molar-refractivity contribution is -0.265. The largest absolute Gasteiger partial charge is 0.310 e. The van der Waals surface area contributed by atoms with E-state index in [0.717, 1.165) is 189 Å². The van der Waals surface area contributed by atoms with Gasteiger partial charge in [-0.2, -0.15) is 0 Å². The van der Waals surface area contributed by atoms with E-state index in [1.54, 1.807) is 162 Å². The van der Waals surface area contributed by atoms with E-state index >= 15 is 0 Å². The molecule has 0 amide bonds. The van der Waals surface area contributed by atoms with Crippen LogP contribution in [0.4, 0.5) is 0 Å². The number of hydrogen-bond acceptors (Lipinski definition) is 4. The van der Waals surface area contributed by atoms with Crippen LogP contribution >= 0.6 is 0 Å². The highest BCUT2D eigenvalue weighted by Crippen LogP contribution is 2.80. The highest BCUT2D eigenvalue weighted by Gasteiger charge is 2.76. The van der Waals surface area contributed by atoms with Crippen molar-refractivity contribution < 1.29 is 0 Å². The first-order valence-corrected chi connectivity index (χ1v) is 45.4. The second kappa shape index (κ2) is 22.0. The molecule has 21 aliphatic rings. The van der Waals surface area contributed by atoms with Gasteiger partial charge in [-0.3, -0.25) is 0 Å². The molecule has 2 aromatic carbocycles. The molecule has 21 fully saturated rings. The normalized spacial score (nSPS) is 56.4. The zero-order valence-corrected chi connectivity index (χ0v) is 65.1. The molecule has 0 radical (unpaired) electrons. The summed E-state index contributed by atoms with van der Waals surface area (Å²) in [6, 6.07) is 21.4. The van der Waals surface area contributed by atoms with Crippen LogP contribution in [0.25, 0.3) is 0 Å². The molecule has 5 aliphatic heterocycles. The zero-order valence-electron chi connectivity index (χ0n) is 65.1. The van der Waals surface area contributed by atoms with Gasteiger partial charge >= 0.3 is 0 Å². The third kappa shape index (κ3) is 8.96. The average Bonchev–Trinajstić information content (AvgIpc) is 1.05. The Bertz CT molecular complexity index is 3220. The number of benzene rings is 2. The molecule has 100 heavy (non-hydrogen) atoms. The van der Waals surface area contributed by atoms with Crippen molar-refractivity contribution in [2.45, 2.75) is 332 Å². The van der Waals surface area contributed by atoms with Crippen LogP contribution in [0.5, 0.6) is 0 Å². The Balaban J connectivity index is 0.707. The summed E-state index contributed by atoms with van der Waals surface area (Å²) in [6.07, 6.45) is 40.4. The van der Waals surface area contributed by atoms with Crippen molar-refractivity contribution in [2.24, 2.45) is 189 Å². The van der Waals surface area contributed by atoms with E-state index in [2.05, 4.69) is 119 Å². The third-order valence-electron chi connectivity index (χ3n) is 40.2. The van der Waals surface area contributed by atoms with Gasteiger partial charge in [0.2, 0.25) is 0 Å². The van der Waals surface area contributed by atoms with Gasteiger partial charge in [-0.1, -0.05) is 119 Å². The summed E-state index contributed by atoms with van der Waals surface area (Å²) < 4.78 is 0. The lowest BCUT2D eigenvalue weighted by atomic mass is 9.30. The van der Waals surface area contributed by atoms with Crippen molar-refractivity contribution in [3.05, 3.63) is 69.8 Å². The molecule has 16 aliphatic carbocycles. The molecule has 16 saturated carbocycles. The van der Waals surface area contributed by atoms with Crippen LogP contribution < -0.4 is 21.3 Å². The Morgan fingerprint density at radius 1 is 0.210 bits per heavy atom. The van der Waals surface area contributed by atoms with Gasteiger partial charge < -0.3 is 21.3 Å². The van der Waals surface area contributed by atoms with E-state index < -0.39 is 0 Å². The molecule has 5 heterocycles. The van der Waals surface area contributed by atoms with Crippen molar-refractivity contribution in [3.63, 3.8) is 0 Å². The van der Waals surface area contributed by atoms with Crippen LogP contribution in [-0.4, -0.2) is 48.3 Å². The van der Waals surface area contributed by atoms with Gasteiger partial charge in [0, 0.05) is 60.2 Å². The topological polar surface area (TPSA) is 48.1 Å². The Kier molecular flexibility index (Phi) is 14.2. The van der Waals surface area contributed by atoms with E-state index in [1.165, 1.54) is 38.5 Å². The molecule has 42 atom stereocenters. The van der Waals surface area contributed by atoms with Gasteiger partial charge in [0.25, 0.3) is 0 Å². The second-order valence-corrected chi connectivity index (χ2v) is 47.1.